The summed E-state index contributed by atoms with van der Waals surface area (Å²) in [5.41, 5.74) is 9.44. The SMILES string of the molecule is c1ccc(-n2c3ccccc3c3ccccc32)c(-c2ccc(N(c3cc4ccccc4c4ccccc34)c3cccc4c3sc3ccccc34)cc2)c1. The quantitative estimate of drug-likeness (QED) is 0.163. The molecule has 11 rings (SSSR count). The Kier molecular flexibility index (Phi) is 6.76. The molecule has 0 aliphatic carbocycles. The van der Waals surface area contributed by atoms with E-state index < -0.39 is 0 Å². The standard InChI is InChI=1S/C50H32N2S/c1-2-15-36-34(14-1)32-48(39-18-4-3-17-38(36)39)51(47-26-13-22-43-42-21-8-12-27-49(42)53-50(43)47)35-30-28-33(29-31-35)37-16-5-9-23-44(37)52-45-24-10-6-19-40(45)41-20-7-11-25-46(41)52/h1-32H. The molecule has 11 aromatic rings. The van der Waals surface area contributed by atoms with Crippen LogP contribution in [0.4, 0.5) is 17.1 Å². The Bertz CT molecular complexity index is 3130. The maximum Gasteiger partial charge on any atom is 0.0640 e. The topological polar surface area (TPSA) is 8.17 Å². The average Bonchev–Trinajstić information content (AvgIpc) is 3.78. The average molecular weight is 693 g/mol. The van der Waals surface area contributed by atoms with Crippen LogP contribution in [0.15, 0.2) is 194 Å². The molecule has 0 saturated heterocycles. The van der Waals surface area contributed by atoms with E-state index in [1.165, 1.54) is 91.7 Å². The van der Waals surface area contributed by atoms with E-state index in [2.05, 4.69) is 204 Å². The maximum absolute atomic E-state index is 2.48. The zero-order chi connectivity index (χ0) is 34.9. The van der Waals surface area contributed by atoms with Crippen molar-refractivity contribution in [3.8, 4) is 16.8 Å². The number of benzene rings is 9. The van der Waals surface area contributed by atoms with E-state index in [4.69, 9.17) is 0 Å². The molecule has 2 nitrogen and oxygen atoms in total. The third-order valence-corrected chi connectivity index (χ3v) is 12.0. The molecule has 2 aromatic heterocycles. The second-order valence-electron chi connectivity index (χ2n) is 13.7. The highest BCUT2D eigenvalue weighted by Crippen LogP contribution is 2.48. The lowest BCUT2D eigenvalue weighted by molar-refractivity contribution is 1.18. The highest BCUT2D eigenvalue weighted by atomic mass is 32.1. The molecule has 9 aromatic carbocycles. The lowest BCUT2D eigenvalue weighted by Crippen LogP contribution is -2.11. The van der Waals surface area contributed by atoms with Crippen LogP contribution in [0.25, 0.3) is 80.3 Å². The van der Waals surface area contributed by atoms with Crippen LogP contribution in [0.5, 0.6) is 0 Å². The normalized spacial score (nSPS) is 11.8. The van der Waals surface area contributed by atoms with Crippen molar-refractivity contribution in [2.45, 2.75) is 0 Å². The molecule has 2 heterocycles. The molecule has 0 aliphatic heterocycles. The van der Waals surface area contributed by atoms with Crippen LogP contribution in [0.1, 0.15) is 0 Å². The van der Waals surface area contributed by atoms with Gasteiger partial charge in [0.1, 0.15) is 0 Å². The van der Waals surface area contributed by atoms with Crippen molar-refractivity contribution in [3.63, 3.8) is 0 Å². The maximum atomic E-state index is 2.48. The van der Waals surface area contributed by atoms with E-state index in [0.717, 1.165) is 5.69 Å². The summed E-state index contributed by atoms with van der Waals surface area (Å²) in [6.07, 6.45) is 0. The van der Waals surface area contributed by atoms with Crippen molar-refractivity contribution in [2.24, 2.45) is 0 Å². The van der Waals surface area contributed by atoms with E-state index in [-0.39, 0.29) is 0 Å². The zero-order valence-corrected chi connectivity index (χ0v) is 29.6. The van der Waals surface area contributed by atoms with Gasteiger partial charge >= 0.3 is 0 Å². The van der Waals surface area contributed by atoms with E-state index in [1.54, 1.807) is 0 Å². The lowest BCUT2D eigenvalue weighted by Gasteiger charge is -2.28. The zero-order valence-electron chi connectivity index (χ0n) is 28.8. The van der Waals surface area contributed by atoms with Crippen LogP contribution >= 0.6 is 11.3 Å². The third kappa shape index (κ3) is 4.64. The largest absolute Gasteiger partial charge is 0.309 e. The molecule has 0 N–H and O–H groups in total. The Hall–Kier alpha value is -6.68. The van der Waals surface area contributed by atoms with Crippen molar-refractivity contribution in [1.82, 2.24) is 4.57 Å². The van der Waals surface area contributed by atoms with Crippen LogP contribution in [0.3, 0.4) is 0 Å². The summed E-state index contributed by atoms with van der Waals surface area (Å²) in [4.78, 5) is 2.48. The van der Waals surface area contributed by atoms with Crippen LogP contribution in [-0.2, 0) is 0 Å². The Morgan fingerprint density at radius 3 is 1.75 bits per heavy atom. The van der Waals surface area contributed by atoms with Crippen molar-refractivity contribution in [2.75, 3.05) is 4.90 Å². The van der Waals surface area contributed by atoms with Crippen molar-refractivity contribution in [1.29, 1.82) is 0 Å². The summed E-state index contributed by atoms with van der Waals surface area (Å²) in [6.45, 7) is 0. The first-order chi connectivity index (χ1) is 26.3. The number of rotatable bonds is 5. The predicted molar refractivity (Wildman–Crippen MR) is 229 cm³/mol. The minimum absolute atomic E-state index is 1.12. The second-order valence-corrected chi connectivity index (χ2v) is 14.7. The van der Waals surface area contributed by atoms with Crippen LogP contribution in [0.2, 0.25) is 0 Å². The van der Waals surface area contributed by atoms with Gasteiger partial charge in [-0.05, 0) is 70.3 Å². The van der Waals surface area contributed by atoms with Crippen molar-refractivity contribution >= 4 is 91.9 Å². The fourth-order valence-corrected chi connectivity index (χ4v) is 9.63. The van der Waals surface area contributed by atoms with Gasteiger partial charge in [-0.15, -0.1) is 11.3 Å². The Labute approximate surface area is 311 Å². The summed E-state index contributed by atoms with van der Waals surface area (Å²) in [6, 6.07) is 70.9. The summed E-state index contributed by atoms with van der Waals surface area (Å²) < 4.78 is 5.01. The second kappa shape index (κ2) is 11.9. The molecular formula is C50H32N2S. The smallest absolute Gasteiger partial charge is 0.0640 e. The van der Waals surface area contributed by atoms with Gasteiger partial charge in [0, 0.05) is 42.9 Å². The Morgan fingerprint density at radius 2 is 0.981 bits per heavy atom. The highest BCUT2D eigenvalue weighted by Gasteiger charge is 2.22. The van der Waals surface area contributed by atoms with E-state index in [1.807, 2.05) is 11.3 Å². The molecule has 0 saturated carbocycles. The van der Waals surface area contributed by atoms with Gasteiger partial charge in [-0.1, -0.05) is 146 Å². The van der Waals surface area contributed by atoms with Gasteiger partial charge in [0.2, 0.25) is 0 Å². The highest BCUT2D eigenvalue weighted by molar-refractivity contribution is 7.26. The van der Waals surface area contributed by atoms with Gasteiger partial charge in [0.05, 0.1) is 32.8 Å². The molecule has 0 spiro atoms. The van der Waals surface area contributed by atoms with Crippen LogP contribution < -0.4 is 4.90 Å². The molecule has 53 heavy (non-hydrogen) atoms. The summed E-state index contributed by atoms with van der Waals surface area (Å²) in [7, 11) is 0. The predicted octanol–water partition coefficient (Wildman–Crippen LogP) is 14.6. The molecule has 0 aliphatic rings. The van der Waals surface area contributed by atoms with Crippen LogP contribution in [-0.4, -0.2) is 4.57 Å². The molecule has 0 amide bonds. The summed E-state index contributed by atoms with van der Waals surface area (Å²) in [5, 5.41) is 10.1. The first kappa shape index (κ1) is 30.0. The minimum Gasteiger partial charge on any atom is -0.309 e. The first-order valence-corrected chi connectivity index (χ1v) is 18.9. The van der Waals surface area contributed by atoms with E-state index in [0.29, 0.717) is 0 Å². The Balaban J connectivity index is 1.14. The molecular weight excluding hydrogens is 661 g/mol. The number of nitrogens with zero attached hydrogens (tertiary/aromatic N) is 2. The molecule has 248 valence electrons. The van der Waals surface area contributed by atoms with E-state index >= 15 is 0 Å². The summed E-state index contributed by atoms with van der Waals surface area (Å²) in [5.74, 6) is 0. The summed E-state index contributed by atoms with van der Waals surface area (Å²) >= 11 is 1.87. The van der Waals surface area contributed by atoms with Crippen LogP contribution in [0, 0.1) is 0 Å². The molecule has 0 unspecified atom stereocenters. The van der Waals surface area contributed by atoms with Gasteiger partial charge in [-0.25, -0.2) is 0 Å². The molecule has 0 radical (unpaired) electrons. The minimum atomic E-state index is 1.12. The fraction of sp³-hybridized carbons (Fsp3) is 0. The van der Waals surface area contributed by atoms with Crippen molar-refractivity contribution in [3.05, 3.63) is 194 Å². The van der Waals surface area contributed by atoms with Gasteiger partial charge in [-0.2, -0.15) is 0 Å². The number of hydrogen-bond donors (Lipinski definition) is 0. The van der Waals surface area contributed by atoms with Gasteiger partial charge in [0.25, 0.3) is 0 Å². The molecule has 0 fully saturated rings. The first-order valence-electron chi connectivity index (χ1n) is 18.1. The van der Waals surface area contributed by atoms with E-state index in [9.17, 15) is 0 Å². The monoisotopic (exact) mass is 692 g/mol. The Morgan fingerprint density at radius 1 is 0.396 bits per heavy atom. The number of thiophene rings is 1. The fourth-order valence-electron chi connectivity index (χ4n) is 8.42. The van der Waals surface area contributed by atoms with Crippen molar-refractivity contribution < 1.29 is 0 Å². The number of anilines is 3. The molecule has 3 heteroatoms. The number of fused-ring (bicyclic) bond motifs is 9. The number of aromatic nitrogens is 1. The van der Waals surface area contributed by atoms with Gasteiger partial charge in [0.15, 0.2) is 0 Å². The lowest BCUT2D eigenvalue weighted by atomic mass is 9.98. The number of para-hydroxylation sites is 3. The molecule has 0 atom stereocenters. The van der Waals surface area contributed by atoms with Gasteiger partial charge < -0.3 is 9.47 Å². The third-order valence-electron chi connectivity index (χ3n) is 10.8. The van der Waals surface area contributed by atoms with Gasteiger partial charge in [-0.3, -0.25) is 0 Å². The molecule has 0 bridgehead atoms. The number of hydrogen-bond acceptors (Lipinski definition) is 2.